The zero-order valence-electron chi connectivity index (χ0n) is 12.2. The average Bonchev–Trinajstić information content (AvgIpc) is 2.63. The quantitative estimate of drug-likeness (QED) is 0.784. The Morgan fingerprint density at radius 2 is 2.30 bits per heavy atom. The van der Waals surface area contributed by atoms with Crippen LogP contribution in [0.2, 0.25) is 0 Å². The number of carbonyl (C=O) groups is 1. The lowest BCUT2D eigenvalue weighted by Gasteiger charge is -2.27. The van der Waals surface area contributed by atoms with Crippen LogP contribution in [0.25, 0.3) is 0 Å². The van der Waals surface area contributed by atoms with Crippen molar-refractivity contribution in [3.05, 3.63) is 9.26 Å². The van der Waals surface area contributed by atoms with Gasteiger partial charge in [0.15, 0.2) is 0 Å². The monoisotopic (exact) mass is 393 g/mol. The number of nitrogens with one attached hydrogen (secondary N) is 1. The summed E-state index contributed by atoms with van der Waals surface area (Å²) in [5.41, 5.74) is 0.528. The van der Waals surface area contributed by atoms with Crippen molar-refractivity contribution in [1.82, 2.24) is 15.1 Å². The number of fused-ring (bicyclic) bond motifs is 1. The fourth-order valence-electron chi connectivity index (χ4n) is 1.96. The van der Waals surface area contributed by atoms with Gasteiger partial charge in [0, 0.05) is 0 Å². The summed E-state index contributed by atoms with van der Waals surface area (Å²) >= 11 is 2.25. The van der Waals surface area contributed by atoms with Gasteiger partial charge in [0.05, 0.1) is 21.9 Å². The van der Waals surface area contributed by atoms with E-state index in [-0.39, 0.29) is 6.04 Å². The number of rotatable bonds is 2. The van der Waals surface area contributed by atoms with E-state index in [1.54, 1.807) is 0 Å². The minimum Gasteiger partial charge on any atom is -0.475 e. The number of halogens is 1. The molecule has 0 aliphatic carbocycles. The Kier molecular flexibility index (Phi) is 4.46. The molecule has 0 bridgehead atoms. The second-order valence-electron chi connectivity index (χ2n) is 5.76. The normalized spacial score (nSPS) is 18.1. The summed E-state index contributed by atoms with van der Waals surface area (Å²) in [5, 5.41) is 7.31. The van der Waals surface area contributed by atoms with E-state index in [9.17, 15) is 4.79 Å². The number of aryl methyl sites for hydroxylation is 1. The first-order valence-corrected chi connectivity index (χ1v) is 7.75. The molecule has 1 aromatic heterocycles. The molecule has 0 unspecified atom stereocenters. The minimum absolute atomic E-state index is 0.127. The third-order valence-corrected chi connectivity index (χ3v) is 3.87. The van der Waals surface area contributed by atoms with Gasteiger partial charge < -0.3 is 14.8 Å². The van der Waals surface area contributed by atoms with Gasteiger partial charge in [0.2, 0.25) is 5.88 Å². The van der Waals surface area contributed by atoms with E-state index in [1.807, 2.05) is 25.5 Å². The zero-order valence-corrected chi connectivity index (χ0v) is 14.4. The number of alkyl carbamates (subject to hydrolysis) is 1. The van der Waals surface area contributed by atoms with Gasteiger partial charge in [-0.15, -0.1) is 0 Å². The molecule has 7 heteroatoms. The molecule has 0 spiro atoms. The van der Waals surface area contributed by atoms with Crippen LogP contribution < -0.4 is 10.1 Å². The first-order chi connectivity index (χ1) is 9.30. The van der Waals surface area contributed by atoms with Crippen molar-refractivity contribution in [3.63, 3.8) is 0 Å². The number of hydrogen-bond acceptors (Lipinski definition) is 4. The fourth-order valence-corrected chi connectivity index (χ4v) is 2.89. The van der Waals surface area contributed by atoms with E-state index in [0.717, 1.165) is 21.6 Å². The van der Waals surface area contributed by atoms with E-state index < -0.39 is 11.7 Å². The molecule has 1 N–H and O–H groups in total. The van der Waals surface area contributed by atoms with E-state index in [0.29, 0.717) is 13.2 Å². The SMILES string of the molecule is CCc1nn2c(c1I)OC[C@@H](NC(=O)OC(C)(C)C)C2. The average molecular weight is 393 g/mol. The predicted octanol–water partition coefficient (Wildman–Crippen LogP) is 2.34. The van der Waals surface area contributed by atoms with Gasteiger partial charge in [-0.1, -0.05) is 6.92 Å². The van der Waals surface area contributed by atoms with Gasteiger partial charge in [-0.2, -0.15) is 5.10 Å². The molecular weight excluding hydrogens is 373 g/mol. The second-order valence-corrected chi connectivity index (χ2v) is 6.83. The van der Waals surface area contributed by atoms with Crippen LogP contribution in [0.1, 0.15) is 33.4 Å². The van der Waals surface area contributed by atoms with Crippen LogP contribution in [0.4, 0.5) is 4.79 Å². The lowest BCUT2D eigenvalue weighted by atomic mass is 10.2. The van der Waals surface area contributed by atoms with Crippen LogP contribution in [0.15, 0.2) is 0 Å². The highest BCUT2D eigenvalue weighted by Crippen LogP contribution is 2.27. The smallest absolute Gasteiger partial charge is 0.408 e. The Hall–Kier alpha value is -0.990. The molecule has 112 valence electrons. The first-order valence-electron chi connectivity index (χ1n) is 6.67. The Bertz CT molecular complexity index is 508. The maximum Gasteiger partial charge on any atom is 0.408 e. The molecule has 1 amide bonds. The summed E-state index contributed by atoms with van der Waals surface area (Å²) in [5.74, 6) is 0.796. The number of carbonyl (C=O) groups excluding carboxylic acids is 1. The Morgan fingerprint density at radius 3 is 2.90 bits per heavy atom. The number of amides is 1. The van der Waals surface area contributed by atoms with Gasteiger partial charge in [-0.3, -0.25) is 0 Å². The van der Waals surface area contributed by atoms with Gasteiger partial charge in [-0.05, 0) is 49.8 Å². The van der Waals surface area contributed by atoms with Crippen molar-refractivity contribution in [2.45, 2.75) is 52.3 Å². The van der Waals surface area contributed by atoms with E-state index in [4.69, 9.17) is 9.47 Å². The summed E-state index contributed by atoms with van der Waals surface area (Å²) in [4.78, 5) is 11.7. The van der Waals surface area contributed by atoms with Crippen LogP contribution in [0.5, 0.6) is 5.88 Å². The van der Waals surface area contributed by atoms with Crippen molar-refractivity contribution in [2.75, 3.05) is 6.61 Å². The maximum atomic E-state index is 11.7. The molecule has 20 heavy (non-hydrogen) atoms. The summed E-state index contributed by atoms with van der Waals surface area (Å²) in [6.07, 6.45) is 0.443. The Balaban J connectivity index is 1.99. The lowest BCUT2D eigenvalue weighted by molar-refractivity contribution is 0.0460. The fraction of sp³-hybridized carbons (Fsp3) is 0.692. The molecule has 1 aromatic rings. The zero-order chi connectivity index (χ0) is 14.9. The number of hydrogen-bond donors (Lipinski definition) is 1. The number of ether oxygens (including phenoxy) is 2. The second kappa shape index (κ2) is 5.79. The molecule has 0 radical (unpaired) electrons. The van der Waals surface area contributed by atoms with Crippen molar-refractivity contribution in [3.8, 4) is 5.88 Å². The van der Waals surface area contributed by atoms with E-state index >= 15 is 0 Å². The molecule has 1 atom stereocenters. The van der Waals surface area contributed by atoms with Crippen LogP contribution in [0, 0.1) is 3.57 Å². The van der Waals surface area contributed by atoms with Crippen molar-refractivity contribution in [1.29, 1.82) is 0 Å². The molecule has 0 aromatic carbocycles. The van der Waals surface area contributed by atoms with Crippen molar-refractivity contribution in [2.24, 2.45) is 0 Å². The molecule has 1 aliphatic heterocycles. The van der Waals surface area contributed by atoms with Crippen molar-refractivity contribution < 1.29 is 14.3 Å². The van der Waals surface area contributed by atoms with Gasteiger partial charge in [0.1, 0.15) is 12.2 Å². The predicted molar refractivity (Wildman–Crippen MR) is 83.0 cm³/mol. The molecule has 2 heterocycles. The Labute approximate surface area is 132 Å². The van der Waals surface area contributed by atoms with E-state index in [1.165, 1.54) is 0 Å². The molecule has 0 saturated carbocycles. The topological polar surface area (TPSA) is 65.4 Å². The molecule has 0 saturated heterocycles. The molecule has 2 rings (SSSR count). The summed E-state index contributed by atoms with van der Waals surface area (Å²) < 4.78 is 13.8. The highest BCUT2D eigenvalue weighted by atomic mass is 127. The molecule has 6 nitrogen and oxygen atoms in total. The first kappa shape index (κ1) is 15.4. The number of aromatic nitrogens is 2. The van der Waals surface area contributed by atoms with Crippen LogP contribution in [-0.4, -0.2) is 34.1 Å². The standard InChI is InChI=1S/C13H20IN3O3/c1-5-9-10(14)11-17(16-9)6-8(7-19-11)15-12(18)20-13(2,3)4/h8H,5-7H2,1-4H3,(H,15,18)/t8-/m0/s1. The number of nitrogens with zero attached hydrogens (tertiary/aromatic N) is 2. The minimum atomic E-state index is -0.499. The lowest BCUT2D eigenvalue weighted by Crippen LogP contribution is -2.46. The van der Waals surface area contributed by atoms with Crippen LogP contribution in [0.3, 0.4) is 0 Å². The summed E-state index contributed by atoms with van der Waals surface area (Å²) in [7, 11) is 0. The molecule has 0 fully saturated rings. The van der Waals surface area contributed by atoms with Gasteiger partial charge in [0.25, 0.3) is 0 Å². The molecular formula is C13H20IN3O3. The van der Waals surface area contributed by atoms with Crippen molar-refractivity contribution >= 4 is 28.7 Å². The highest BCUT2D eigenvalue weighted by Gasteiger charge is 2.27. The van der Waals surface area contributed by atoms with Crippen LogP contribution >= 0.6 is 22.6 Å². The summed E-state index contributed by atoms with van der Waals surface area (Å²) in [6, 6.07) is -0.127. The van der Waals surface area contributed by atoms with Gasteiger partial charge in [-0.25, -0.2) is 9.48 Å². The third-order valence-electron chi connectivity index (χ3n) is 2.79. The molecule has 1 aliphatic rings. The maximum absolute atomic E-state index is 11.7. The van der Waals surface area contributed by atoms with Crippen LogP contribution in [-0.2, 0) is 17.7 Å². The summed E-state index contributed by atoms with van der Waals surface area (Å²) in [6.45, 7) is 8.62. The third kappa shape index (κ3) is 3.56. The van der Waals surface area contributed by atoms with Gasteiger partial charge >= 0.3 is 6.09 Å². The Morgan fingerprint density at radius 1 is 1.60 bits per heavy atom. The van der Waals surface area contributed by atoms with E-state index in [2.05, 4.69) is 39.9 Å². The largest absolute Gasteiger partial charge is 0.475 e. The highest BCUT2D eigenvalue weighted by molar-refractivity contribution is 14.1.